The lowest BCUT2D eigenvalue weighted by molar-refractivity contribution is 0.329. The first-order chi connectivity index (χ1) is 9.67. The molecule has 1 saturated carbocycles. The van der Waals surface area contributed by atoms with Gasteiger partial charge >= 0.3 is 0 Å². The third-order valence-corrected chi connectivity index (χ3v) is 3.65. The molecule has 0 radical (unpaired) electrons. The Kier molecular flexibility index (Phi) is 7.98. The maximum Gasteiger partial charge on any atom is 0.223 e. The zero-order chi connectivity index (χ0) is 14.4. The normalized spacial score (nSPS) is 22.5. The van der Waals surface area contributed by atoms with Crippen LogP contribution in [0.4, 0.5) is 0 Å². The summed E-state index contributed by atoms with van der Waals surface area (Å²) in [6.07, 6.45) is 5.02. The molecule has 2 rings (SSSR count). The second-order valence-corrected chi connectivity index (χ2v) is 5.53. The molecule has 0 unspecified atom stereocenters. The summed E-state index contributed by atoms with van der Waals surface area (Å²) in [7, 11) is 0. The second-order valence-electron chi connectivity index (χ2n) is 5.53. The minimum Gasteiger partial charge on any atom is -0.357 e. The van der Waals surface area contributed by atoms with Crippen molar-refractivity contribution in [2.75, 3.05) is 6.54 Å². The number of rotatable bonds is 4. The molecule has 2 N–H and O–H groups in total. The summed E-state index contributed by atoms with van der Waals surface area (Å²) in [4.78, 5) is 8.68. The average molecular weight is 407 g/mol. The van der Waals surface area contributed by atoms with Gasteiger partial charge in [-0.1, -0.05) is 12.1 Å². The molecule has 0 aliphatic heterocycles. The first-order valence-corrected chi connectivity index (χ1v) is 7.51. The number of aromatic nitrogens is 2. The van der Waals surface area contributed by atoms with Crippen LogP contribution in [-0.2, 0) is 6.54 Å². The van der Waals surface area contributed by atoms with Crippen LogP contribution in [0, 0.1) is 12.8 Å². The number of halogens is 1. The summed E-state index contributed by atoms with van der Waals surface area (Å²) in [5.74, 6) is 2.90. The highest BCUT2D eigenvalue weighted by molar-refractivity contribution is 14.0. The molecule has 1 aromatic rings. The van der Waals surface area contributed by atoms with Crippen molar-refractivity contribution in [3.63, 3.8) is 0 Å². The van der Waals surface area contributed by atoms with Gasteiger partial charge in [0, 0.05) is 19.5 Å². The summed E-state index contributed by atoms with van der Waals surface area (Å²) >= 11 is 0. The predicted octanol–water partition coefficient (Wildman–Crippen LogP) is 2.63. The van der Waals surface area contributed by atoms with Crippen molar-refractivity contribution in [3.8, 4) is 0 Å². The quantitative estimate of drug-likeness (QED) is 0.456. The van der Waals surface area contributed by atoms with Crippen molar-refractivity contribution < 1.29 is 4.52 Å². The van der Waals surface area contributed by atoms with Gasteiger partial charge in [-0.05, 0) is 38.5 Å². The molecule has 0 saturated heterocycles. The van der Waals surface area contributed by atoms with E-state index in [1.54, 1.807) is 6.92 Å². The standard InChI is InChI=1S/C14H25N5O.HI/c1-4-15-14(16-9-13-17-11(3)20-19-13)18-12-7-5-10(2)6-8-12;/h10,12H,4-9H2,1-3H3,(H2,15,16,18);1H. The number of hydrogen-bond acceptors (Lipinski definition) is 4. The van der Waals surface area contributed by atoms with Gasteiger partial charge in [-0.25, -0.2) is 4.99 Å². The van der Waals surface area contributed by atoms with Gasteiger partial charge in [-0.15, -0.1) is 24.0 Å². The third kappa shape index (κ3) is 6.19. The molecule has 0 spiro atoms. The fourth-order valence-corrected chi connectivity index (χ4v) is 2.47. The van der Waals surface area contributed by atoms with Crippen LogP contribution in [0.15, 0.2) is 9.52 Å². The molecular weight excluding hydrogens is 381 g/mol. The van der Waals surface area contributed by atoms with E-state index < -0.39 is 0 Å². The van der Waals surface area contributed by atoms with Gasteiger partial charge in [0.05, 0.1) is 0 Å². The molecule has 21 heavy (non-hydrogen) atoms. The van der Waals surface area contributed by atoms with E-state index in [4.69, 9.17) is 4.52 Å². The van der Waals surface area contributed by atoms with Crippen LogP contribution in [-0.4, -0.2) is 28.7 Å². The highest BCUT2D eigenvalue weighted by Gasteiger charge is 2.18. The van der Waals surface area contributed by atoms with E-state index in [1.165, 1.54) is 25.7 Å². The number of nitrogens with one attached hydrogen (secondary N) is 2. The van der Waals surface area contributed by atoms with Gasteiger partial charge in [-0.3, -0.25) is 0 Å². The molecule has 1 fully saturated rings. The Balaban J connectivity index is 0.00000220. The number of aliphatic imine (C=N–C) groups is 1. The third-order valence-electron chi connectivity index (χ3n) is 3.65. The van der Waals surface area contributed by atoms with Crippen LogP contribution in [0.1, 0.15) is 51.2 Å². The van der Waals surface area contributed by atoms with Crippen molar-refractivity contribution in [1.82, 2.24) is 20.8 Å². The van der Waals surface area contributed by atoms with E-state index in [0.29, 0.717) is 24.3 Å². The highest BCUT2D eigenvalue weighted by Crippen LogP contribution is 2.23. The Hall–Kier alpha value is -0.860. The molecule has 1 aromatic heterocycles. The molecule has 0 bridgehead atoms. The van der Waals surface area contributed by atoms with E-state index in [1.807, 2.05) is 0 Å². The number of guanidine groups is 1. The Morgan fingerprint density at radius 3 is 2.62 bits per heavy atom. The van der Waals surface area contributed by atoms with Crippen molar-refractivity contribution in [2.45, 2.75) is 59.0 Å². The van der Waals surface area contributed by atoms with Gasteiger partial charge in [0.15, 0.2) is 11.8 Å². The second kappa shape index (κ2) is 9.22. The van der Waals surface area contributed by atoms with E-state index >= 15 is 0 Å². The number of nitrogens with zero attached hydrogens (tertiary/aromatic N) is 3. The fraction of sp³-hybridized carbons (Fsp3) is 0.786. The van der Waals surface area contributed by atoms with Crippen LogP contribution >= 0.6 is 24.0 Å². The van der Waals surface area contributed by atoms with Crippen LogP contribution in [0.25, 0.3) is 0 Å². The zero-order valence-electron chi connectivity index (χ0n) is 13.1. The monoisotopic (exact) mass is 407 g/mol. The van der Waals surface area contributed by atoms with Crippen molar-refractivity contribution in [1.29, 1.82) is 0 Å². The fourth-order valence-electron chi connectivity index (χ4n) is 2.47. The van der Waals surface area contributed by atoms with E-state index in [9.17, 15) is 0 Å². The SMILES string of the molecule is CCNC(=NCc1noc(C)n1)NC1CCC(C)CC1.I. The summed E-state index contributed by atoms with van der Waals surface area (Å²) in [5.41, 5.74) is 0. The van der Waals surface area contributed by atoms with Gasteiger partial charge in [0.2, 0.25) is 5.89 Å². The van der Waals surface area contributed by atoms with Crippen LogP contribution in [0.2, 0.25) is 0 Å². The Morgan fingerprint density at radius 2 is 2.05 bits per heavy atom. The highest BCUT2D eigenvalue weighted by atomic mass is 127. The van der Waals surface area contributed by atoms with Gasteiger partial charge in [0.1, 0.15) is 6.54 Å². The molecule has 120 valence electrons. The predicted molar refractivity (Wildman–Crippen MR) is 93.8 cm³/mol. The van der Waals surface area contributed by atoms with E-state index in [0.717, 1.165) is 18.4 Å². The van der Waals surface area contributed by atoms with Crippen molar-refractivity contribution >= 4 is 29.9 Å². The van der Waals surface area contributed by atoms with E-state index in [2.05, 4.69) is 39.6 Å². The Morgan fingerprint density at radius 1 is 1.33 bits per heavy atom. The molecule has 1 aliphatic carbocycles. The smallest absolute Gasteiger partial charge is 0.223 e. The maximum absolute atomic E-state index is 4.95. The molecule has 0 amide bonds. The molecule has 6 nitrogen and oxygen atoms in total. The topological polar surface area (TPSA) is 75.3 Å². The Labute approximate surface area is 143 Å². The average Bonchev–Trinajstić information content (AvgIpc) is 2.85. The van der Waals surface area contributed by atoms with Gasteiger partial charge < -0.3 is 15.2 Å². The minimum absolute atomic E-state index is 0. The van der Waals surface area contributed by atoms with Crippen molar-refractivity contribution in [2.24, 2.45) is 10.9 Å². The molecule has 1 heterocycles. The van der Waals surface area contributed by atoms with Gasteiger partial charge in [-0.2, -0.15) is 4.98 Å². The first-order valence-electron chi connectivity index (χ1n) is 7.51. The maximum atomic E-state index is 4.95. The number of hydrogen-bond donors (Lipinski definition) is 2. The summed E-state index contributed by atoms with van der Waals surface area (Å²) in [6.45, 7) is 7.47. The molecule has 1 aliphatic rings. The summed E-state index contributed by atoms with van der Waals surface area (Å²) < 4.78 is 4.95. The lowest BCUT2D eigenvalue weighted by Crippen LogP contribution is -2.44. The minimum atomic E-state index is 0. The number of aryl methyl sites for hydroxylation is 1. The summed E-state index contributed by atoms with van der Waals surface area (Å²) in [6, 6.07) is 0.524. The molecule has 7 heteroatoms. The van der Waals surface area contributed by atoms with E-state index in [-0.39, 0.29) is 24.0 Å². The van der Waals surface area contributed by atoms with Crippen LogP contribution in [0.3, 0.4) is 0 Å². The Bertz CT molecular complexity index is 440. The molecule has 0 atom stereocenters. The first kappa shape index (κ1) is 18.2. The lowest BCUT2D eigenvalue weighted by atomic mass is 9.87. The van der Waals surface area contributed by atoms with Crippen LogP contribution in [0.5, 0.6) is 0 Å². The van der Waals surface area contributed by atoms with Crippen molar-refractivity contribution in [3.05, 3.63) is 11.7 Å². The lowest BCUT2D eigenvalue weighted by Gasteiger charge is -2.28. The molecule has 0 aromatic carbocycles. The summed E-state index contributed by atoms with van der Waals surface area (Å²) in [5, 5.41) is 10.6. The zero-order valence-corrected chi connectivity index (χ0v) is 15.4. The molecular formula is C14H26IN5O. The largest absolute Gasteiger partial charge is 0.357 e. The van der Waals surface area contributed by atoms with Gasteiger partial charge in [0.25, 0.3) is 0 Å². The van der Waals surface area contributed by atoms with Crippen LogP contribution < -0.4 is 10.6 Å².